The minimum atomic E-state index is 0.0298. The third-order valence-corrected chi connectivity index (χ3v) is 5.56. The van der Waals surface area contributed by atoms with Crippen molar-refractivity contribution in [2.45, 2.75) is 50.0 Å². The number of carbonyl (C=O) groups excluding carboxylic acids is 1. The highest BCUT2D eigenvalue weighted by Gasteiger charge is 2.26. The first-order valence-corrected chi connectivity index (χ1v) is 9.96. The Morgan fingerprint density at radius 3 is 3.04 bits per heavy atom. The molecular weight excluding hydrogens is 336 g/mol. The molecule has 2 aromatic rings. The maximum absolute atomic E-state index is 12.7. The molecule has 1 N–H and O–H groups in total. The number of carbonyl (C=O) groups is 1. The maximum atomic E-state index is 12.7. The van der Waals surface area contributed by atoms with Crippen molar-refractivity contribution in [2.75, 3.05) is 12.8 Å². The number of hydrogen-bond donors (Lipinski definition) is 1. The molecule has 1 atom stereocenters. The van der Waals surface area contributed by atoms with Gasteiger partial charge in [-0.1, -0.05) is 11.8 Å². The fourth-order valence-electron chi connectivity index (χ4n) is 3.33. The SMILES string of the molecule is CSc1ncc(CNC(=O)N2CCCCC2CCn2ccnc2)n1C. The van der Waals surface area contributed by atoms with Gasteiger partial charge in [0.15, 0.2) is 5.16 Å². The lowest BCUT2D eigenvalue weighted by molar-refractivity contribution is 0.143. The average Bonchev–Trinajstić information content (AvgIpc) is 3.28. The molecule has 1 unspecified atom stereocenters. The topological polar surface area (TPSA) is 68.0 Å². The minimum absolute atomic E-state index is 0.0298. The van der Waals surface area contributed by atoms with E-state index in [1.165, 1.54) is 6.42 Å². The Bertz CT molecular complexity index is 683. The number of piperidine rings is 1. The number of nitrogens with one attached hydrogen (secondary N) is 1. The molecule has 8 heteroatoms. The van der Waals surface area contributed by atoms with Crippen LogP contribution in [-0.4, -0.2) is 48.9 Å². The van der Waals surface area contributed by atoms with Gasteiger partial charge in [0.1, 0.15) is 0 Å². The highest BCUT2D eigenvalue weighted by Crippen LogP contribution is 2.21. The van der Waals surface area contributed by atoms with Crippen molar-refractivity contribution in [3.63, 3.8) is 0 Å². The van der Waals surface area contributed by atoms with Gasteiger partial charge in [0.2, 0.25) is 0 Å². The predicted octanol–water partition coefficient (Wildman–Crippen LogP) is 2.49. The molecule has 3 rings (SSSR count). The number of nitrogens with zero attached hydrogens (tertiary/aromatic N) is 5. The number of aromatic nitrogens is 4. The molecule has 1 aliphatic heterocycles. The van der Waals surface area contributed by atoms with E-state index < -0.39 is 0 Å². The van der Waals surface area contributed by atoms with Crippen molar-refractivity contribution in [1.29, 1.82) is 0 Å². The van der Waals surface area contributed by atoms with E-state index in [1.807, 2.05) is 41.5 Å². The molecule has 1 saturated heterocycles. The standard InChI is InChI=1S/C17H26N6OS/c1-21-15(12-20-17(21)25-2)11-19-16(24)23-8-4-3-5-14(23)6-9-22-10-7-18-13-22/h7,10,12-14H,3-6,8-9,11H2,1-2H3,(H,19,24). The fourth-order valence-corrected chi connectivity index (χ4v) is 3.88. The Kier molecular flexibility index (Phi) is 6.01. The molecule has 1 aliphatic rings. The number of hydrogen-bond acceptors (Lipinski definition) is 4. The summed E-state index contributed by atoms with van der Waals surface area (Å²) in [6.45, 7) is 2.24. The molecule has 3 heterocycles. The van der Waals surface area contributed by atoms with Gasteiger partial charge in [-0.2, -0.15) is 0 Å². The van der Waals surface area contributed by atoms with Crippen LogP contribution in [0.1, 0.15) is 31.4 Å². The lowest BCUT2D eigenvalue weighted by Crippen LogP contribution is -2.48. The summed E-state index contributed by atoms with van der Waals surface area (Å²) in [4.78, 5) is 23.1. The summed E-state index contributed by atoms with van der Waals surface area (Å²) in [5.41, 5.74) is 1.02. The molecule has 0 aliphatic carbocycles. The highest BCUT2D eigenvalue weighted by molar-refractivity contribution is 7.98. The first-order valence-electron chi connectivity index (χ1n) is 8.74. The Balaban J connectivity index is 1.55. The average molecular weight is 363 g/mol. The number of likely N-dealkylation sites (tertiary alicyclic amines) is 1. The fraction of sp³-hybridized carbons (Fsp3) is 0.588. The molecule has 0 aromatic carbocycles. The lowest BCUT2D eigenvalue weighted by Gasteiger charge is -2.36. The Morgan fingerprint density at radius 1 is 1.44 bits per heavy atom. The van der Waals surface area contributed by atoms with Crippen LogP contribution in [-0.2, 0) is 20.1 Å². The van der Waals surface area contributed by atoms with Gasteiger partial charge < -0.3 is 19.4 Å². The van der Waals surface area contributed by atoms with Gasteiger partial charge >= 0.3 is 6.03 Å². The van der Waals surface area contributed by atoms with Crippen LogP contribution in [0.2, 0.25) is 0 Å². The van der Waals surface area contributed by atoms with Gasteiger partial charge in [-0.3, -0.25) is 0 Å². The molecule has 136 valence electrons. The van der Waals surface area contributed by atoms with Crippen LogP contribution in [0.5, 0.6) is 0 Å². The molecule has 0 spiro atoms. The van der Waals surface area contributed by atoms with Gasteiger partial charge in [-0.15, -0.1) is 0 Å². The summed E-state index contributed by atoms with van der Waals surface area (Å²) in [7, 11) is 1.98. The summed E-state index contributed by atoms with van der Waals surface area (Å²) in [6.07, 6.45) is 13.7. The van der Waals surface area contributed by atoms with Gasteiger partial charge in [0.05, 0.1) is 24.8 Å². The Morgan fingerprint density at radius 2 is 2.32 bits per heavy atom. The smallest absolute Gasteiger partial charge is 0.317 e. The minimum Gasteiger partial charge on any atom is -0.337 e. The van der Waals surface area contributed by atoms with Crippen LogP contribution in [0.25, 0.3) is 0 Å². The predicted molar refractivity (Wildman–Crippen MR) is 98.4 cm³/mol. The van der Waals surface area contributed by atoms with E-state index in [-0.39, 0.29) is 6.03 Å². The van der Waals surface area contributed by atoms with Gasteiger partial charge in [-0.25, -0.2) is 14.8 Å². The summed E-state index contributed by atoms with van der Waals surface area (Å²) in [5.74, 6) is 0. The first kappa shape index (κ1) is 17.8. The largest absolute Gasteiger partial charge is 0.337 e. The molecule has 25 heavy (non-hydrogen) atoms. The van der Waals surface area contributed by atoms with Crippen molar-refractivity contribution in [3.05, 3.63) is 30.6 Å². The number of thioether (sulfide) groups is 1. The van der Waals surface area contributed by atoms with Crippen LogP contribution >= 0.6 is 11.8 Å². The third-order valence-electron chi connectivity index (χ3n) is 4.81. The Hall–Kier alpha value is -1.96. The number of imidazole rings is 2. The van der Waals surface area contributed by atoms with Crippen LogP contribution in [0.15, 0.2) is 30.1 Å². The van der Waals surface area contributed by atoms with Gasteiger partial charge in [0, 0.05) is 38.6 Å². The van der Waals surface area contributed by atoms with E-state index in [0.29, 0.717) is 12.6 Å². The summed E-state index contributed by atoms with van der Waals surface area (Å²) in [5, 5.41) is 4.03. The van der Waals surface area contributed by atoms with E-state index in [2.05, 4.69) is 19.9 Å². The summed E-state index contributed by atoms with van der Waals surface area (Å²) >= 11 is 1.61. The zero-order valence-corrected chi connectivity index (χ0v) is 15.7. The molecule has 0 radical (unpaired) electrons. The summed E-state index contributed by atoms with van der Waals surface area (Å²) in [6, 6.07) is 0.326. The maximum Gasteiger partial charge on any atom is 0.317 e. The van der Waals surface area contributed by atoms with Crippen molar-refractivity contribution < 1.29 is 4.79 Å². The molecule has 1 fully saturated rings. The van der Waals surface area contributed by atoms with Gasteiger partial charge in [-0.05, 0) is 31.9 Å². The Labute approximate surface area is 152 Å². The normalized spacial score (nSPS) is 17.7. The molecule has 0 saturated carbocycles. The molecule has 0 bridgehead atoms. The van der Waals surface area contributed by atoms with E-state index >= 15 is 0 Å². The zero-order valence-electron chi connectivity index (χ0n) is 14.9. The van der Waals surface area contributed by atoms with E-state index in [4.69, 9.17) is 0 Å². The van der Waals surface area contributed by atoms with Crippen molar-refractivity contribution in [2.24, 2.45) is 7.05 Å². The second kappa shape index (κ2) is 8.42. The number of aryl methyl sites for hydroxylation is 1. The van der Waals surface area contributed by atoms with Crippen molar-refractivity contribution in [1.82, 2.24) is 29.3 Å². The van der Waals surface area contributed by atoms with Crippen LogP contribution in [0, 0.1) is 0 Å². The van der Waals surface area contributed by atoms with E-state index in [9.17, 15) is 4.79 Å². The zero-order chi connectivity index (χ0) is 17.6. The van der Waals surface area contributed by atoms with Crippen molar-refractivity contribution in [3.8, 4) is 0 Å². The molecular formula is C17H26N6OS. The first-order chi connectivity index (χ1) is 12.2. The van der Waals surface area contributed by atoms with E-state index in [1.54, 1.807) is 18.0 Å². The third kappa shape index (κ3) is 4.36. The number of urea groups is 1. The summed E-state index contributed by atoms with van der Waals surface area (Å²) < 4.78 is 4.10. The van der Waals surface area contributed by atoms with E-state index in [0.717, 1.165) is 43.2 Å². The monoisotopic (exact) mass is 362 g/mol. The molecule has 2 amide bonds. The second-order valence-corrected chi connectivity index (χ2v) is 7.16. The second-order valence-electron chi connectivity index (χ2n) is 6.39. The quantitative estimate of drug-likeness (QED) is 0.802. The van der Waals surface area contributed by atoms with Crippen LogP contribution < -0.4 is 5.32 Å². The van der Waals surface area contributed by atoms with Gasteiger partial charge in [0.25, 0.3) is 0 Å². The van der Waals surface area contributed by atoms with Crippen LogP contribution in [0.4, 0.5) is 4.79 Å². The highest BCUT2D eigenvalue weighted by atomic mass is 32.2. The molecule has 7 nitrogen and oxygen atoms in total. The number of amides is 2. The number of rotatable bonds is 6. The van der Waals surface area contributed by atoms with Crippen LogP contribution in [0.3, 0.4) is 0 Å². The van der Waals surface area contributed by atoms with Crippen molar-refractivity contribution >= 4 is 17.8 Å². The molecule has 2 aromatic heterocycles. The lowest BCUT2D eigenvalue weighted by atomic mass is 10.00.